The number of hydrogen-bond donors (Lipinski definition) is 1. The molecule has 1 rings (SSSR count). The molecule has 5 heteroatoms. The molecule has 76 valence electrons. The molecule has 0 radical (unpaired) electrons. The first kappa shape index (κ1) is 11.2. The largest absolute Gasteiger partial charge is 0.357 e. The van der Waals surface area contributed by atoms with Crippen molar-refractivity contribution in [2.45, 2.75) is 32.4 Å². The third-order valence-corrected chi connectivity index (χ3v) is 2.87. The normalized spacial score (nSPS) is 24.5. The van der Waals surface area contributed by atoms with Crippen LogP contribution in [0.2, 0.25) is 0 Å². The summed E-state index contributed by atoms with van der Waals surface area (Å²) in [6.07, 6.45) is 3.36. The molecule has 0 aliphatic carbocycles. The van der Waals surface area contributed by atoms with Gasteiger partial charge in [0.05, 0.1) is 0 Å². The lowest BCUT2D eigenvalue weighted by Gasteiger charge is -2.30. The van der Waals surface area contributed by atoms with Crippen molar-refractivity contribution in [3.63, 3.8) is 0 Å². The van der Waals surface area contributed by atoms with Gasteiger partial charge in [-0.05, 0) is 26.2 Å². The zero-order chi connectivity index (χ0) is 9.68. The van der Waals surface area contributed by atoms with Gasteiger partial charge in [-0.3, -0.25) is 10.0 Å². The van der Waals surface area contributed by atoms with E-state index in [1.165, 1.54) is 6.42 Å². The quantitative estimate of drug-likeness (QED) is 0.210. The standard InChI is InChI=1S/C8H16IN3O/c1-2-11-8(9)12(10)7-5-3-4-6-13-7/h7H,2-6,10H2,1H3. The molecule has 1 aliphatic heterocycles. The van der Waals surface area contributed by atoms with Gasteiger partial charge in [0, 0.05) is 35.7 Å². The van der Waals surface area contributed by atoms with E-state index in [1.807, 2.05) is 6.92 Å². The minimum atomic E-state index is 0.0240. The van der Waals surface area contributed by atoms with Crippen molar-refractivity contribution in [3.05, 3.63) is 0 Å². The monoisotopic (exact) mass is 297 g/mol. The molecule has 0 spiro atoms. The molecule has 1 atom stereocenters. The van der Waals surface area contributed by atoms with Crippen molar-refractivity contribution in [1.82, 2.24) is 5.01 Å². The first-order chi connectivity index (χ1) is 6.25. The van der Waals surface area contributed by atoms with Crippen LogP contribution in [0.5, 0.6) is 0 Å². The number of hydrogen-bond acceptors (Lipinski definition) is 3. The van der Waals surface area contributed by atoms with Gasteiger partial charge in [-0.1, -0.05) is 0 Å². The zero-order valence-electron chi connectivity index (χ0n) is 7.87. The average molecular weight is 297 g/mol. The smallest absolute Gasteiger partial charge is 0.179 e. The van der Waals surface area contributed by atoms with Crippen molar-refractivity contribution in [1.29, 1.82) is 0 Å². The summed E-state index contributed by atoms with van der Waals surface area (Å²) in [4.78, 5) is 4.22. The molecule has 0 aromatic carbocycles. The topological polar surface area (TPSA) is 50.8 Å². The van der Waals surface area contributed by atoms with Gasteiger partial charge in [-0.25, -0.2) is 5.84 Å². The van der Waals surface area contributed by atoms with Crippen LogP contribution >= 0.6 is 22.6 Å². The summed E-state index contributed by atoms with van der Waals surface area (Å²) < 4.78 is 6.35. The van der Waals surface area contributed by atoms with Gasteiger partial charge < -0.3 is 4.74 Å². The minimum Gasteiger partial charge on any atom is -0.357 e. The lowest BCUT2D eigenvalue weighted by molar-refractivity contribution is -0.0550. The van der Waals surface area contributed by atoms with Crippen molar-refractivity contribution in [2.75, 3.05) is 13.2 Å². The predicted molar refractivity (Wildman–Crippen MR) is 61.6 cm³/mol. The maximum Gasteiger partial charge on any atom is 0.179 e. The number of halogens is 1. The molecule has 0 amide bonds. The van der Waals surface area contributed by atoms with Crippen LogP contribution in [0.25, 0.3) is 0 Å². The fourth-order valence-electron chi connectivity index (χ4n) is 1.27. The summed E-state index contributed by atoms with van der Waals surface area (Å²) in [5.74, 6) is 5.85. The number of amidine groups is 1. The van der Waals surface area contributed by atoms with Gasteiger partial charge >= 0.3 is 0 Å². The van der Waals surface area contributed by atoms with Crippen LogP contribution in [0, 0.1) is 0 Å². The molecular weight excluding hydrogens is 281 g/mol. The van der Waals surface area contributed by atoms with E-state index in [0.717, 1.165) is 29.8 Å². The molecule has 13 heavy (non-hydrogen) atoms. The second kappa shape index (κ2) is 5.77. The second-order valence-electron chi connectivity index (χ2n) is 2.97. The summed E-state index contributed by atoms with van der Waals surface area (Å²) in [5.41, 5.74) is 0. The van der Waals surface area contributed by atoms with Crippen molar-refractivity contribution in [2.24, 2.45) is 10.8 Å². The van der Waals surface area contributed by atoms with Crippen LogP contribution in [0.4, 0.5) is 0 Å². The van der Waals surface area contributed by atoms with Crippen molar-refractivity contribution in [3.8, 4) is 0 Å². The predicted octanol–water partition coefficient (Wildman–Crippen LogP) is 1.50. The molecule has 4 nitrogen and oxygen atoms in total. The Morgan fingerprint density at radius 1 is 1.69 bits per heavy atom. The van der Waals surface area contributed by atoms with Crippen LogP contribution < -0.4 is 5.84 Å². The zero-order valence-corrected chi connectivity index (χ0v) is 10.0. The van der Waals surface area contributed by atoms with Gasteiger partial charge in [0.25, 0.3) is 0 Å². The first-order valence-corrected chi connectivity index (χ1v) is 5.69. The van der Waals surface area contributed by atoms with E-state index in [0.29, 0.717) is 0 Å². The van der Waals surface area contributed by atoms with E-state index in [4.69, 9.17) is 10.6 Å². The van der Waals surface area contributed by atoms with Crippen molar-refractivity contribution < 1.29 is 4.74 Å². The lowest BCUT2D eigenvalue weighted by Crippen LogP contribution is -2.46. The molecule has 1 saturated heterocycles. The summed E-state index contributed by atoms with van der Waals surface area (Å²) in [5, 5.41) is 1.63. The van der Waals surface area contributed by atoms with Crippen LogP contribution in [-0.2, 0) is 4.74 Å². The van der Waals surface area contributed by atoms with E-state index < -0.39 is 0 Å². The molecule has 0 bridgehead atoms. The van der Waals surface area contributed by atoms with Gasteiger partial charge in [-0.2, -0.15) is 0 Å². The van der Waals surface area contributed by atoms with E-state index >= 15 is 0 Å². The van der Waals surface area contributed by atoms with Gasteiger partial charge in [0.15, 0.2) is 3.84 Å². The van der Waals surface area contributed by atoms with E-state index in [1.54, 1.807) is 5.01 Å². The Bertz CT molecular complexity index is 180. The van der Waals surface area contributed by atoms with Gasteiger partial charge in [0.2, 0.25) is 0 Å². The molecular formula is C8H16IN3O. The minimum absolute atomic E-state index is 0.0240. The molecule has 1 fully saturated rings. The third kappa shape index (κ3) is 3.40. The Labute approximate surface area is 92.6 Å². The SMILES string of the molecule is CCN=C(I)N(N)C1CCCCO1. The highest BCUT2D eigenvalue weighted by atomic mass is 127. The van der Waals surface area contributed by atoms with Gasteiger partial charge in [0.1, 0.15) is 6.23 Å². The van der Waals surface area contributed by atoms with Crippen LogP contribution in [0.3, 0.4) is 0 Å². The highest BCUT2D eigenvalue weighted by molar-refractivity contribution is 14.1. The molecule has 1 aliphatic rings. The summed E-state index contributed by atoms with van der Waals surface area (Å²) in [6, 6.07) is 0. The molecule has 1 heterocycles. The van der Waals surface area contributed by atoms with E-state index in [9.17, 15) is 0 Å². The molecule has 0 aromatic heterocycles. The highest BCUT2D eigenvalue weighted by Gasteiger charge is 2.20. The number of ether oxygens (including phenoxy) is 1. The third-order valence-electron chi connectivity index (χ3n) is 1.97. The number of hydrazine groups is 1. The Kier molecular flexibility index (Phi) is 4.97. The Hall–Kier alpha value is 0.120. The van der Waals surface area contributed by atoms with Crippen LogP contribution in [0.15, 0.2) is 4.99 Å². The summed E-state index contributed by atoms with van der Waals surface area (Å²) in [6.45, 7) is 3.57. The number of nitrogens with zero attached hydrogens (tertiary/aromatic N) is 2. The maximum atomic E-state index is 5.85. The molecule has 0 saturated carbocycles. The Balaban J connectivity index is 2.44. The fraction of sp³-hybridized carbons (Fsp3) is 0.875. The van der Waals surface area contributed by atoms with E-state index in [-0.39, 0.29) is 6.23 Å². The molecule has 0 aromatic rings. The first-order valence-electron chi connectivity index (χ1n) is 4.61. The van der Waals surface area contributed by atoms with E-state index in [2.05, 4.69) is 27.6 Å². The molecule has 2 N–H and O–H groups in total. The Morgan fingerprint density at radius 3 is 3.00 bits per heavy atom. The van der Waals surface area contributed by atoms with Crippen LogP contribution in [0.1, 0.15) is 26.2 Å². The molecule has 1 unspecified atom stereocenters. The highest BCUT2D eigenvalue weighted by Crippen LogP contribution is 2.15. The summed E-state index contributed by atoms with van der Waals surface area (Å²) >= 11 is 2.14. The second-order valence-corrected chi connectivity index (χ2v) is 3.94. The number of nitrogens with two attached hydrogens (primary N) is 1. The van der Waals surface area contributed by atoms with Gasteiger partial charge in [-0.15, -0.1) is 0 Å². The van der Waals surface area contributed by atoms with Crippen molar-refractivity contribution >= 4 is 26.4 Å². The van der Waals surface area contributed by atoms with Crippen LogP contribution in [-0.4, -0.2) is 28.2 Å². The Morgan fingerprint density at radius 2 is 2.46 bits per heavy atom. The number of rotatable bonds is 2. The summed E-state index contributed by atoms with van der Waals surface area (Å²) in [7, 11) is 0. The fourth-order valence-corrected chi connectivity index (χ4v) is 1.93. The lowest BCUT2D eigenvalue weighted by atomic mass is 10.2. The average Bonchev–Trinajstić information content (AvgIpc) is 2.18. The maximum absolute atomic E-state index is 5.85. The number of aliphatic imine (C=N–C) groups is 1.